The van der Waals surface area contributed by atoms with Crippen molar-refractivity contribution in [1.82, 2.24) is 0 Å². The first-order valence-electron chi connectivity index (χ1n) is 3.48. The molecule has 0 aliphatic heterocycles. The van der Waals surface area contributed by atoms with E-state index in [1.165, 1.54) is 6.92 Å². The van der Waals surface area contributed by atoms with E-state index in [1.807, 2.05) is 0 Å². The number of benzene rings is 1. The molecule has 1 rings (SSSR count). The van der Waals surface area contributed by atoms with E-state index < -0.39 is 17.5 Å². The molecule has 0 amide bonds. The number of hydrogen-bond acceptors (Lipinski definition) is 1. The minimum Gasteiger partial charge on any atom is -0.459 e. The lowest BCUT2D eigenvalue weighted by molar-refractivity contribution is 0.388. The molecule has 0 radical (unpaired) electrons. The predicted molar refractivity (Wildman–Crippen MR) is 41.8 cm³/mol. The van der Waals surface area contributed by atoms with Gasteiger partial charge in [-0.15, -0.1) is 0 Å². The number of allylic oxidation sites excluding steroid dienone is 1. The maximum Gasteiger partial charge on any atom is 0.168 e. The molecule has 0 aromatic heterocycles. The van der Waals surface area contributed by atoms with E-state index in [9.17, 15) is 13.2 Å². The van der Waals surface area contributed by atoms with Crippen LogP contribution in [0.2, 0.25) is 0 Å². The minimum absolute atomic E-state index is 0.199. The van der Waals surface area contributed by atoms with Crippen LogP contribution in [0.4, 0.5) is 13.2 Å². The molecular weight excluding hydrogens is 181 g/mol. The summed E-state index contributed by atoms with van der Waals surface area (Å²) < 4.78 is 42.5. The molecule has 0 heterocycles. The lowest BCUT2D eigenvalue weighted by atomic mass is 10.3. The SMILES string of the molecule is C=C(C)Oc1cc(F)c(F)cc1F. The highest BCUT2D eigenvalue weighted by atomic mass is 19.2. The highest BCUT2D eigenvalue weighted by molar-refractivity contribution is 5.27. The quantitative estimate of drug-likeness (QED) is 0.512. The van der Waals surface area contributed by atoms with Gasteiger partial charge in [-0.1, -0.05) is 6.58 Å². The molecule has 0 saturated carbocycles. The Morgan fingerprint density at radius 2 is 1.69 bits per heavy atom. The van der Waals surface area contributed by atoms with Crippen LogP contribution in [0.25, 0.3) is 0 Å². The van der Waals surface area contributed by atoms with Crippen LogP contribution in [0, 0.1) is 17.5 Å². The molecule has 70 valence electrons. The molecule has 4 heteroatoms. The molecule has 13 heavy (non-hydrogen) atoms. The Kier molecular flexibility index (Phi) is 2.60. The van der Waals surface area contributed by atoms with Crippen LogP contribution in [0.5, 0.6) is 5.75 Å². The van der Waals surface area contributed by atoms with Gasteiger partial charge in [0.2, 0.25) is 0 Å². The van der Waals surface area contributed by atoms with Crippen LogP contribution >= 0.6 is 0 Å². The number of halogens is 3. The largest absolute Gasteiger partial charge is 0.459 e. The van der Waals surface area contributed by atoms with Crippen molar-refractivity contribution in [3.63, 3.8) is 0 Å². The molecule has 0 saturated heterocycles. The van der Waals surface area contributed by atoms with Crippen LogP contribution in [-0.2, 0) is 0 Å². The highest BCUT2D eigenvalue weighted by Crippen LogP contribution is 2.21. The Hall–Kier alpha value is -1.45. The van der Waals surface area contributed by atoms with Gasteiger partial charge in [-0.3, -0.25) is 0 Å². The molecule has 0 aliphatic rings. The second-order valence-electron chi connectivity index (χ2n) is 2.50. The Morgan fingerprint density at radius 3 is 2.23 bits per heavy atom. The van der Waals surface area contributed by atoms with E-state index >= 15 is 0 Å². The number of ether oxygens (including phenoxy) is 1. The lowest BCUT2D eigenvalue weighted by Crippen LogP contribution is -1.95. The fourth-order valence-electron chi connectivity index (χ4n) is 0.770. The Labute approximate surface area is 73.4 Å². The Bertz CT molecular complexity index is 347. The molecule has 0 unspecified atom stereocenters. The third-order valence-electron chi connectivity index (χ3n) is 1.26. The van der Waals surface area contributed by atoms with Gasteiger partial charge in [-0.2, -0.15) is 0 Å². The fourth-order valence-corrected chi connectivity index (χ4v) is 0.770. The molecule has 0 fully saturated rings. The normalized spacial score (nSPS) is 9.85. The van der Waals surface area contributed by atoms with Crippen molar-refractivity contribution in [1.29, 1.82) is 0 Å². The summed E-state index contributed by atoms with van der Waals surface area (Å²) in [5.41, 5.74) is 0. The van der Waals surface area contributed by atoms with Gasteiger partial charge in [0.05, 0.1) is 5.76 Å². The number of hydrogen-bond donors (Lipinski definition) is 0. The standard InChI is InChI=1S/C9H7F3O/c1-5(2)13-9-4-7(11)6(10)3-8(9)12/h3-4H,1H2,2H3. The summed E-state index contributed by atoms with van der Waals surface area (Å²) in [6, 6.07) is 1.06. The zero-order valence-electron chi connectivity index (χ0n) is 6.90. The second kappa shape index (κ2) is 3.51. The van der Waals surface area contributed by atoms with E-state index in [0.717, 1.165) is 0 Å². The summed E-state index contributed by atoms with van der Waals surface area (Å²) in [4.78, 5) is 0. The lowest BCUT2D eigenvalue weighted by Gasteiger charge is -2.05. The third kappa shape index (κ3) is 2.24. The first-order valence-corrected chi connectivity index (χ1v) is 3.48. The van der Waals surface area contributed by atoms with Gasteiger partial charge >= 0.3 is 0 Å². The predicted octanol–water partition coefficient (Wildman–Crippen LogP) is 3.02. The smallest absolute Gasteiger partial charge is 0.168 e. The van der Waals surface area contributed by atoms with Crippen molar-refractivity contribution < 1.29 is 17.9 Å². The van der Waals surface area contributed by atoms with Gasteiger partial charge in [0.25, 0.3) is 0 Å². The Balaban J connectivity index is 3.08. The first-order chi connectivity index (χ1) is 6.00. The van der Waals surface area contributed by atoms with Crippen LogP contribution in [0.3, 0.4) is 0 Å². The van der Waals surface area contributed by atoms with Gasteiger partial charge in [0.15, 0.2) is 23.2 Å². The van der Waals surface area contributed by atoms with Crippen molar-refractivity contribution in [3.8, 4) is 5.75 Å². The van der Waals surface area contributed by atoms with E-state index in [-0.39, 0.29) is 11.5 Å². The van der Waals surface area contributed by atoms with Gasteiger partial charge in [0.1, 0.15) is 0 Å². The maximum atomic E-state index is 12.8. The van der Waals surface area contributed by atoms with E-state index in [1.54, 1.807) is 0 Å². The minimum atomic E-state index is -1.24. The van der Waals surface area contributed by atoms with Crippen molar-refractivity contribution in [2.75, 3.05) is 0 Å². The van der Waals surface area contributed by atoms with Crippen molar-refractivity contribution in [3.05, 3.63) is 41.9 Å². The molecular formula is C9H7F3O. The Morgan fingerprint density at radius 1 is 1.15 bits per heavy atom. The third-order valence-corrected chi connectivity index (χ3v) is 1.26. The molecule has 1 nitrogen and oxygen atoms in total. The van der Waals surface area contributed by atoms with Crippen molar-refractivity contribution in [2.24, 2.45) is 0 Å². The van der Waals surface area contributed by atoms with E-state index in [4.69, 9.17) is 4.74 Å². The summed E-state index contributed by atoms with van der Waals surface area (Å²) in [5, 5.41) is 0. The average Bonchev–Trinajstić information content (AvgIpc) is 1.99. The fraction of sp³-hybridized carbons (Fsp3) is 0.111. The van der Waals surface area contributed by atoms with E-state index in [2.05, 4.69) is 6.58 Å². The average molecular weight is 188 g/mol. The molecule has 1 aromatic carbocycles. The van der Waals surface area contributed by atoms with Crippen LogP contribution in [0.1, 0.15) is 6.92 Å². The van der Waals surface area contributed by atoms with Gasteiger partial charge < -0.3 is 4.74 Å². The molecule has 0 spiro atoms. The van der Waals surface area contributed by atoms with Crippen molar-refractivity contribution >= 4 is 0 Å². The van der Waals surface area contributed by atoms with E-state index in [0.29, 0.717) is 12.1 Å². The summed E-state index contributed by atoms with van der Waals surface area (Å²) in [7, 11) is 0. The summed E-state index contributed by atoms with van der Waals surface area (Å²) >= 11 is 0. The maximum absolute atomic E-state index is 12.8. The molecule has 0 aliphatic carbocycles. The summed E-state index contributed by atoms with van der Waals surface area (Å²) in [6.45, 7) is 4.81. The van der Waals surface area contributed by atoms with Crippen LogP contribution in [-0.4, -0.2) is 0 Å². The molecule has 1 aromatic rings. The number of rotatable bonds is 2. The van der Waals surface area contributed by atoms with Crippen molar-refractivity contribution in [2.45, 2.75) is 6.92 Å². The van der Waals surface area contributed by atoms with Gasteiger partial charge in [-0.05, 0) is 6.92 Å². The highest BCUT2D eigenvalue weighted by Gasteiger charge is 2.10. The van der Waals surface area contributed by atoms with Gasteiger partial charge in [-0.25, -0.2) is 13.2 Å². The first kappa shape index (κ1) is 9.64. The molecule has 0 bridgehead atoms. The molecule has 0 N–H and O–H groups in total. The van der Waals surface area contributed by atoms with Crippen LogP contribution in [0.15, 0.2) is 24.5 Å². The zero-order valence-corrected chi connectivity index (χ0v) is 6.90. The topological polar surface area (TPSA) is 9.23 Å². The zero-order chi connectivity index (χ0) is 10.0. The summed E-state index contributed by atoms with van der Waals surface area (Å²) in [6.07, 6.45) is 0. The molecule has 0 atom stereocenters. The summed E-state index contributed by atoms with van der Waals surface area (Å²) in [5.74, 6) is -3.53. The van der Waals surface area contributed by atoms with Crippen LogP contribution < -0.4 is 4.74 Å². The monoisotopic (exact) mass is 188 g/mol. The second-order valence-corrected chi connectivity index (χ2v) is 2.50. The van der Waals surface area contributed by atoms with Gasteiger partial charge in [0, 0.05) is 12.1 Å².